The van der Waals surface area contributed by atoms with Crippen LogP contribution in [0.15, 0.2) is 54.9 Å². The standard InChI is InChI=1S/C27H26N6O.C2H6/c1-15(34)23-24(18-9-19-11-27(19)20(10-18)13-30-27)32-26-21(14-31-33(26)25(23)28)17-7-8-22(29-12-17)16-5-3-2-4-6-16;1-2/h2-8,12,14,18-20,30H,9-11,13,28H2,1H3;1-2H3. The van der Waals surface area contributed by atoms with Gasteiger partial charge in [-0.3, -0.25) is 9.78 Å². The smallest absolute Gasteiger partial charge is 0.165 e. The second-order valence-corrected chi connectivity index (χ2v) is 10.1. The van der Waals surface area contributed by atoms with E-state index < -0.39 is 0 Å². The molecule has 1 saturated heterocycles. The van der Waals surface area contributed by atoms with Crippen LogP contribution in [0.2, 0.25) is 0 Å². The van der Waals surface area contributed by atoms with Crippen molar-refractivity contribution in [3.05, 3.63) is 66.1 Å². The van der Waals surface area contributed by atoms with Crippen LogP contribution in [0.4, 0.5) is 5.82 Å². The Morgan fingerprint density at radius 3 is 2.47 bits per heavy atom. The molecule has 1 aliphatic heterocycles. The fraction of sp³-hybridized carbons (Fsp3) is 0.379. The van der Waals surface area contributed by atoms with E-state index in [0.29, 0.717) is 34.4 Å². The summed E-state index contributed by atoms with van der Waals surface area (Å²) in [7, 11) is 0. The molecule has 2 saturated carbocycles. The minimum atomic E-state index is -0.0489. The van der Waals surface area contributed by atoms with E-state index in [2.05, 4.69) is 15.4 Å². The first kappa shape index (κ1) is 22.9. The van der Waals surface area contributed by atoms with E-state index in [1.807, 2.05) is 62.5 Å². The number of carbonyl (C=O) groups excluding carboxylic acids is 1. The van der Waals surface area contributed by atoms with Gasteiger partial charge in [0.05, 0.1) is 23.1 Å². The summed E-state index contributed by atoms with van der Waals surface area (Å²) >= 11 is 0. The summed E-state index contributed by atoms with van der Waals surface area (Å²) in [4.78, 5) is 22.4. The van der Waals surface area contributed by atoms with E-state index in [9.17, 15) is 4.79 Å². The lowest BCUT2D eigenvalue weighted by Crippen LogP contribution is -2.59. The molecule has 4 heterocycles. The van der Waals surface area contributed by atoms with Crippen molar-refractivity contribution in [3.63, 3.8) is 0 Å². The monoisotopic (exact) mass is 480 g/mol. The lowest BCUT2D eigenvalue weighted by molar-refractivity contribution is 0.101. The number of carbonyl (C=O) groups is 1. The van der Waals surface area contributed by atoms with Gasteiger partial charge in [0, 0.05) is 40.9 Å². The van der Waals surface area contributed by atoms with Crippen LogP contribution < -0.4 is 11.1 Å². The Balaban J connectivity index is 0.00000117. The maximum atomic E-state index is 12.7. The predicted octanol–water partition coefficient (Wildman–Crippen LogP) is 5.12. The number of fused-ring (bicyclic) bond motifs is 1. The molecule has 2 aliphatic carbocycles. The number of nitrogens with zero attached hydrogens (tertiary/aromatic N) is 4. The lowest BCUT2D eigenvalue weighted by atomic mass is 9.71. The number of aromatic nitrogens is 4. The summed E-state index contributed by atoms with van der Waals surface area (Å²) < 4.78 is 1.61. The number of rotatable bonds is 4. The molecule has 4 unspecified atom stereocenters. The molecule has 1 aromatic carbocycles. The Kier molecular flexibility index (Phi) is 5.41. The highest BCUT2D eigenvalue weighted by molar-refractivity contribution is 6.00. The molecule has 184 valence electrons. The molecule has 0 bridgehead atoms. The molecule has 7 nitrogen and oxygen atoms in total. The van der Waals surface area contributed by atoms with Crippen LogP contribution >= 0.6 is 0 Å². The van der Waals surface area contributed by atoms with Gasteiger partial charge in [0.15, 0.2) is 11.4 Å². The summed E-state index contributed by atoms with van der Waals surface area (Å²) in [5, 5.41) is 8.16. The summed E-state index contributed by atoms with van der Waals surface area (Å²) in [6, 6.07) is 14.2. The highest BCUT2D eigenvalue weighted by atomic mass is 16.1. The molecule has 3 N–H and O–H groups in total. The molecule has 0 radical (unpaired) electrons. The quantitative estimate of drug-likeness (QED) is 0.393. The number of hydrogen-bond acceptors (Lipinski definition) is 6. The normalized spacial score (nSPS) is 25.7. The molecular formula is C29H32N6O. The molecule has 3 fully saturated rings. The van der Waals surface area contributed by atoms with Gasteiger partial charge >= 0.3 is 0 Å². The van der Waals surface area contributed by atoms with Crippen molar-refractivity contribution in [3.8, 4) is 22.4 Å². The second-order valence-electron chi connectivity index (χ2n) is 10.1. The summed E-state index contributed by atoms with van der Waals surface area (Å²) in [5.74, 6) is 1.94. The fourth-order valence-corrected chi connectivity index (χ4v) is 6.39. The van der Waals surface area contributed by atoms with Gasteiger partial charge in [-0.1, -0.05) is 50.2 Å². The first-order valence-corrected chi connectivity index (χ1v) is 13.0. The number of hydrogen-bond donors (Lipinski definition) is 2. The fourth-order valence-electron chi connectivity index (χ4n) is 6.39. The number of nitrogen functional groups attached to an aromatic ring is 1. The zero-order valence-corrected chi connectivity index (χ0v) is 21.0. The second kappa shape index (κ2) is 8.52. The summed E-state index contributed by atoms with van der Waals surface area (Å²) in [6.45, 7) is 6.64. The first-order valence-electron chi connectivity index (χ1n) is 13.0. The van der Waals surface area contributed by atoms with Crippen molar-refractivity contribution in [1.29, 1.82) is 0 Å². The van der Waals surface area contributed by atoms with Gasteiger partial charge in [0.25, 0.3) is 0 Å². The van der Waals surface area contributed by atoms with Gasteiger partial charge in [-0.2, -0.15) is 9.61 Å². The van der Waals surface area contributed by atoms with Crippen molar-refractivity contribution in [1.82, 2.24) is 24.9 Å². The minimum absolute atomic E-state index is 0.0489. The molecule has 3 aliphatic rings. The van der Waals surface area contributed by atoms with E-state index in [4.69, 9.17) is 10.7 Å². The summed E-state index contributed by atoms with van der Waals surface area (Å²) in [5.41, 5.74) is 12.8. The van der Waals surface area contributed by atoms with Gasteiger partial charge in [0.2, 0.25) is 0 Å². The molecule has 0 amide bonds. The van der Waals surface area contributed by atoms with E-state index in [0.717, 1.165) is 47.5 Å². The number of benzene rings is 1. The Hall–Kier alpha value is -3.58. The number of Topliss-reactive ketones (excluding diaryl/α,β-unsaturated/α-hetero) is 1. The zero-order chi connectivity index (χ0) is 25.0. The van der Waals surface area contributed by atoms with Crippen molar-refractivity contribution < 1.29 is 4.79 Å². The average molecular weight is 481 g/mol. The van der Waals surface area contributed by atoms with Gasteiger partial charge < -0.3 is 11.1 Å². The average Bonchev–Trinajstić information content (AvgIpc) is 3.52. The maximum Gasteiger partial charge on any atom is 0.165 e. The lowest BCUT2D eigenvalue weighted by Gasteiger charge is -2.45. The number of nitrogens with one attached hydrogen (secondary N) is 1. The van der Waals surface area contributed by atoms with Crippen LogP contribution in [0.3, 0.4) is 0 Å². The van der Waals surface area contributed by atoms with E-state index in [-0.39, 0.29) is 11.7 Å². The third kappa shape index (κ3) is 3.37. The Bertz CT molecular complexity index is 1440. The third-order valence-corrected chi connectivity index (χ3v) is 8.29. The van der Waals surface area contributed by atoms with Gasteiger partial charge in [-0.15, -0.1) is 0 Å². The van der Waals surface area contributed by atoms with Crippen molar-refractivity contribution >= 4 is 17.2 Å². The Labute approximate surface area is 211 Å². The minimum Gasteiger partial charge on any atom is -0.383 e. The van der Waals surface area contributed by atoms with Crippen LogP contribution in [0.1, 0.15) is 62.0 Å². The van der Waals surface area contributed by atoms with Gasteiger partial charge in [0.1, 0.15) is 5.82 Å². The molecule has 36 heavy (non-hydrogen) atoms. The van der Waals surface area contributed by atoms with Crippen molar-refractivity contribution in [2.75, 3.05) is 12.3 Å². The maximum absolute atomic E-state index is 12.7. The molecular weight excluding hydrogens is 448 g/mol. The molecule has 3 aromatic heterocycles. The molecule has 7 rings (SSSR count). The van der Waals surface area contributed by atoms with E-state index in [1.54, 1.807) is 17.6 Å². The number of nitrogens with two attached hydrogens (primary N) is 1. The molecule has 4 aromatic rings. The number of anilines is 1. The molecule has 4 atom stereocenters. The Morgan fingerprint density at radius 2 is 1.83 bits per heavy atom. The highest BCUT2D eigenvalue weighted by Crippen LogP contribution is 2.63. The zero-order valence-electron chi connectivity index (χ0n) is 21.0. The van der Waals surface area contributed by atoms with Crippen LogP contribution in [-0.2, 0) is 0 Å². The highest BCUT2D eigenvalue weighted by Gasteiger charge is 2.66. The predicted molar refractivity (Wildman–Crippen MR) is 142 cm³/mol. The van der Waals surface area contributed by atoms with E-state index in [1.165, 1.54) is 6.42 Å². The van der Waals surface area contributed by atoms with Gasteiger partial charge in [-0.05, 0) is 44.1 Å². The molecule has 7 heteroatoms. The molecule has 1 spiro atoms. The van der Waals surface area contributed by atoms with Crippen LogP contribution in [0.25, 0.3) is 28.0 Å². The van der Waals surface area contributed by atoms with Crippen molar-refractivity contribution in [2.45, 2.75) is 51.5 Å². The van der Waals surface area contributed by atoms with Crippen LogP contribution in [-0.4, -0.2) is 37.4 Å². The Morgan fingerprint density at radius 1 is 1.06 bits per heavy atom. The van der Waals surface area contributed by atoms with Gasteiger partial charge in [-0.25, -0.2) is 4.98 Å². The van der Waals surface area contributed by atoms with E-state index >= 15 is 0 Å². The van der Waals surface area contributed by atoms with Crippen LogP contribution in [0, 0.1) is 11.8 Å². The van der Waals surface area contributed by atoms with Crippen LogP contribution in [0.5, 0.6) is 0 Å². The number of pyridine rings is 1. The number of ketones is 1. The third-order valence-electron chi connectivity index (χ3n) is 8.29. The first-order chi connectivity index (χ1) is 17.5. The topological polar surface area (TPSA) is 98.2 Å². The van der Waals surface area contributed by atoms with Crippen molar-refractivity contribution in [2.24, 2.45) is 11.8 Å². The summed E-state index contributed by atoms with van der Waals surface area (Å²) in [6.07, 6.45) is 6.99. The SMILES string of the molecule is CC.CC(=O)c1c(C2CC3CNC34CC4C2)nc2c(-c3ccc(-c4ccccc4)nc3)cnn2c1N. The largest absolute Gasteiger partial charge is 0.383 e.